The largest absolute Gasteiger partial charge is 0.469 e. The molecule has 3 nitrogen and oxygen atoms in total. The molecule has 0 bridgehead atoms. The molecule has 1 aromatic rings. The van der Waals surface area contributed by atoms with Crippen molar-refractivity contribution in [3.05, 3.63) is 29.3 Å². The van der Waals surface area contributed by atoms with Crippen LogP contribution in [0.2, 0.25) is 19.6 Å². The van der Waals surface area contributed by atoms with E-state index in [1.807, 2.05) is 12.1 Å². The Kier molecular flexibility index (Phi) is 4.57. The SMILES string of the molecule is COC(=O)Cc1cc(N)cc(C#C[Si](C)(C)C)c1. The molecule has 1 aromatic carbocycles. The summed E-state index contributed by atoms with van der Waals surface area (Å²) in [4.78, 5) is 11.2. The van der Waals surface area contributed by atoms with Gasteiger partial charge in [-0.05, 0) is 23.8 Å². The van der Waals surface area contributed by atoms with E-state index >= 15 is 0 Å². The van der Waals surface area contributed by atoms with Gasteiger partial charge in [0.15, 0.2) is 0 Å². The third-order valence-corrected chi connectivity index (χ3v) is 3.05. The minimum Gasteiger partial charge on any atom is -0.469 e. The molecule has 18 heavy (non-hydrogen) atoms. The van der Waals surface area contributed by atoms with Crippen LogP contribution in [-0.4, -0.2) is 21.2 Å². The maximum absolute atomic E-state index is 11.2. The van der Waals surface area contributed by atoms with Gasteiger partial charge in [0.2, 0.25) is 0 Å². The molecule has 0 heterocycles. The van der Waals surface area contributed by atoms with E-state index in [9.17, 15) is 4.79 Å². The number of ether oxygens (including phenoxy) is 1. The van der Waals surface area contributed by atoms with Gasteiger partial charge in [-0.2, -0.15) is 0 Å². The average molecular weight is 261 g/mol. The molecule has 2 N–H and O–H groups in total. The van der Waals surface area contributed by atoms with Crippen molar-refractivity contribution >= 4 is 19.7 Å². The van der Waals surface area contributed by atoms with E-state index in [0.29, 0.717) is 5.69 Å². The minimum atomic E-state index is -1.41. The topological polar surface area (TPSA) is 52.3 Å². The first-order valence-corrected chi connectivity index (χ1v) is 9.29. The molecular weight excluding hydrogens is 242 g/mol. The molecule has 0 atom stereocenters. The first-order valence-electron chi connectivity index (χ1n) is 5.79. The molecule has 96 valence electrons. The zero-order valence-electron chi connectivity index (χ0n) is 11.3. The summed E-state index contributed by atoms with van der Waals surface area (Å²) in [6.07, 6.45) is 0.225. The van der Waals surface area contributed by atoms with Crippen molar-refractivity contribution in [1.82, 2.24) is 0 Å². The Labute approximate surface area is 109 Å². The Morgan fingerprint density at radius 1 is 1.33 bits per heavy atom. The highest BCUT2D eigenvalue weighted by atomic mass is 28.3. The van der Waals surface area contributed by atoms with Crippen LogP contribution in [0.5, 0.6) is 0 Å². The van der Waals surface area contributed by atoms with Gasteiger partial charge in [-0.15, -0.1) is 5.54 Å². The second-order valence-corrected chi connectivity index (χ2v) is 9.97. The molecule has 0 radical (unpaired) electrons. The Hall–Kier alpha value is -1.73. The highest BCUT2D eigenvalue weighted by molar-refractivity contribution is 6.83. The number of anilines is 1. The second kappa shape index (κ2) is 5.74. The number of hydrogen-bond acceptors (Lipinski definition) is 3. The lowest BCUT2D eigenvalue weighted by molar-refractivity contribution is -0.139. The van der Waals surface area contributed by atoms with E-state index in [1.54, 1.807) is 6.07 Å². The predicted molar refractivity (Wildman–Crippen MR) is 76.8 cm³/mol. The monoisotopic (exact) mass is 261 g/mol. The number of carbonyl (C=O) groups excluding carboxylic acids is 1. The summed E-state index contributed by atoms with van der Waals surface area (Å²) in [7, 11) is -0.0317. The van der Waals surface area contributed by atoms with Crippen LogP contribution in [-0.2, 0) is 16.0 Å². The van der Waals surface area contributed by atoms with Gasteiger partial charge in [0.25, 0.3) is 0 Å². The molecule has 0 spiro atoms. The molecule has 0 fully saturated rings. The number of carbonyl (C=O) groups is 1. The van der Waals surface area contributed by atoms with Crippen molar-refractivity contribution in [2.75, 3.05) is 12.8 Å². The van der Waals surface area contributed by atoms with Crippen LogP contribution in [0.25, 0.3) is 0 Å². The maximum Gasteiger partial charge on any atom is 0.309 e. The molecule has 0 aromatic heterocycles. The predicted octanol–water partition coefficient (Wildman–Crippen LogP) is 2.21. The third kappa shape index (κ3) is 5.06. The molecule has 4 heteroatoms. The summed E-state index contributed by atoms with van der Waals surface area (Å²) < 4.78 is 4.64. The summed E-state index contributed by atoms with van der Waals surface area (Å²) in [6, 6.07) is 5.49. The third-order valence-electron chi connectivity index (χ3n) is 2.17. The molecule has 0 unspecified atom stereocenters. The number of esters is 1. The Bertz CT molecular complexity index is 507. The van der Waals surface area contributed by atoms with Gasteiger partial charge in [0.1, 0.15) is 8.07 Å². The zero-order valence-corrected chi connectivity index (χ0v) is 12.3. The normalized spacial score (nSPS) is 10.4. The second-order valence-electron chi connectivity index (χ2n) is 5.22. The first kappa shape index (κ1) is 14.3. The highest BCUT2D eigenvalue weighted by Gasteiger charge is 2.08. The molecule has 0 aliphatic carbocycles. The lowest BCUT2D eigenvalue weighted by Gasteiger charge is -2.05. The van der Waals surface area contributed by atoms with Crippen molar-refractivity contribution in [2.45, 2.75) is 26.1 Å². The lowest BCUT2D eigenvalue weighted by Crippen LogP contribution is -2.16. The van der Waals surface area contributed by atoms with Crippen LogP contribution in [0.3, 0.4) is 0 Å². The maximum atomic E-state index is 11.2. The number of nitrogen functional groups attached to an aromatic ring is 1. The fraction of sp³-hybridized carbons (Fsp3) is 0.357. The number of rotatable bonds is 2. The lowest BCUT2D eigenvalue weighted by atomic mass is 10.1. The van der Waals surface area contributed by atoms with Crippen LogP contribution >= 0.6 is 0 Å². The summed E-state index contributed by atoms with van der Waals surface area (Å²) in [5.41, 5.74) is 11.4. The number of nitrogens with two attached hydrogens (primary N) is 1. The van der Waals surface area contributed by atoms with Crippen molar-refractivity contribution in [3.63, 3.8) is 0 Å². The van der Waals surface area contributed by atoms with Gasteiger partial charge in [-0.3, -0.25) is 4.79 Å². The fourth-order valence-corrected chi connectivity index (χ4v) is 1.91. The summed E-state index contributed by atoms with van der Waals surface area (Å²) in [6.45, 7) is 6.55. The molecule has 1 rings (SSSR count). The van der Waals surface area contributed by atoms with E-state index in [2.05, 4.69) is 35.8 Å². The van der Waals surface area contributed by atoms with E-state index in [1.165, 1.54) is 7.11 Å². The quantitative estimate of drug-likeness (QED) is 0.384. The Balaban J connectivity index is 3.00. The van der Waals surface area contributed by atoms with Crippen LogP contribution in [0.15, 0.2) is 18.2 Å². The minimum absolute atomic E-state index is 0.225. The van der Waals surface area contributed by atoms with E-state index in [-0.39, 0.29) is 12.4 Å². The van der Waals surface area contributed by atoms with Gasteiger partial charge in [-0.1, -0.05) is 25.6 Å². The first-order chi connectivity index (χ1) is 8.30. The summed E-state index contributed by atoms with van der Waals surface area (Å²) >= 11 is 0. The van der Waals surface area contributed by atoms with E-state index < -0.39 is 8.07 Å². The highest BCUT2D eigenvalue weighted by Crippen LogP contribution is 2.13. The number of benzene rings is 1. The average Bonchev–Trinajstić information content (AvgIpc) is 2.24. The van der Waals surface area contributed by atoms with E-state index in [0.717, 1.165) is 11.1 Å². The summed E-state index contributed by atoms with van der Waals surface area (Å²) in [5.74, 6) is 2.86. The van der Waals surface area contributed by atoms with E-state index in [4.69, 9.17) is 5.73 Å². The van der Waals surface area contributed by atoms with Crippen LogP contribution in [0, 0.1) is 11.5 Å². The van der Waals surface area contributed by atoms with Gasteiger partial charge in [0.05, 0.1) is 13.5 Å². The molecule has 0 saturated carbocycles. The van der Waals surface area contributed by atoms with Crippen molar-refractivity contribution < 1.29 is 9.53 Å². The van der Waals surface area contributed by atoms with Crippen LogP contribution in [0.1, 0.15) is 11.1 Å². The summed E-state index contributed by atoms with van der Waals surface area (Å²) in [5, 5.41) is 0. The fourth-order valence-electron chi connectivity index (χ4n) is 1.39. The standard InChI is InChI=1S/C14H19NO2Si/c1-17-14(16)10-12-7-11(8-13(15)9-12)5-6-18(2,3)4/h7-9H,10,15H2,1-4H3. The van der Waals surface area contributed by atoms with Crippen molar-refractivity contribution in [1.29, 1.82) is 0 Å². The number of hydrogen-bond donors (Lipinski definition) is 1. The van der Waals surface area contributed by atoms with Crippen LogP contribution < -0.4 is 5.73 Å². The van der Waals surface area contributed by atoms with Gasteiger partial charge in [-0.25, -0.2) is 0 Å². The van der Waals surface area contributed by atoms with Crippen molar-refractivity contribution in [2.24, 2.45) is 0 Å². The smallest absolute Gasteiger partial charge is 0.309 e. The molecule has 0 saturated heterocycles. The molecule has 0 aliphatic heterocycles. The Morgan fingerprint density at radius 3 is 2.56 bits per heavy atom. The number of methoxy groups -OCH3 is 1. The molecular formula is C14H19NO2Si. The Morgan fingerprint density at radius 2 is 2.00 bits per heavy atom. The van der Waals surface area contributed by atoms with Crippen LogP contribution in [0.4, 0.5) is 5.69 Å². The van der Waals surface area contributed by atoms with Crippen molar-refractivity contribution in [3.8, 4) is 11.5 Å². The van der Waals surface area contributed by atoms with Gasteiger partial charge < -0.3 is 10.5 Å². The van der Waals surface area contributed by atoms with Gasteiger partial charge in [0, 0.05) is 11.3 Å². The zero-order chi connectivity index (χ0) is 13.8. The molecule has 0 amide bonds. The van der Waals surface area contributed by atoms with Gasteiger partial charge >= 0.3 is 5.97 Å². The molecule has 0 aliphatic rings.